The van der Waals surface area contributed by atoms with E-state index in [2.05, 4.69) is 5.32 Å². The number of nitrogens with one attached hydrogen (secondary N) is 1. The third-order valence-electron chi connectivity index (χ3n) is 5.87. The van der Waals surface area contributed by atoms with Gasteiger partial charge >= 0.3 is 12.1 Å². The summed E-state index contributed by atoms with van der Waals surface area (Å²) in [6.07, 6.45) is 1.68. The maximum absolute atomic E-state index is 13.2. The summed E-state index contributed by atoms with van der Waals surface area (Å²) in [5.41, 5.74) is 1.25. The number of ether oxygens (including phenoxy) is 3. The molecule has 0 spiro atoms. The fraction of sp³-hybridized carbons (Fsp3) is 0.500. The number of thioether (sulfide) groups is 1. The maximum atomic E-state index is 13.2. The van der Waals surface area contributed by atoms with Gasteiger partial charge in [-0.1, -0.05) is 0 Å². The Balaban J connectivity index is 1.84. The van der Waals surface area contributed by atoms with Gasteiger partial charge in [0.25, 0.3) is 5.56 Å². The number of carbonyl (C=O) groups is 2. The number of rotatable bonds is 8. The molecular weight excluding hydrogens is 484 g/mol. The lowest BCUT2D eigenvalue weighted by Crippen LogP contribution is -2.29. The third kappa shape index (κ3) is 5.54. The van der Waals surface area contributed by atoms with Crippen molar-refractivity contribution >= 4 is 29.5 Å². The fourth-order valence-corrected chi connectivity index (χ4v) is 5.34. The van der Waals surface area contributed by atoms with Crippen LogP contribution in [0.3, 0.4) is 0 Å². The van der Waals surface area contributed by atoms with Gasteiger partial charge in [-0.15, -0.1) is 11.8 Å². The van der Waals surface area contributed by atoms with Crippen LogP contribution >= 0.6 is 11.8 Å². The number of carboxylic acid groups (broad SMARTS) is 1. The van der Waals surface area contributed by atoms with Gasteiger partial charge in [0.2, 0.25) is 0 Å². The zero-order valence-corrected chi connectivity index (χ0v) is 22.0. The van der Waals surface area contributed by atoms with Crippen LogP contribution in [0.5, 0.6) is 5.75 Å². The summed E-state index contributed by atoms with van der Waals surface area (Å²) in [5, 5.41) is 12.4. The van der Waals surface area contributed by atoms with Crippen molar-refractivity contribution in [3.05, 3.63) is 39.7 Å². The van der Waals surface area contributed by atoms with E-state index < -0.39 is 23.2 Å². The van der Waals surface area contributed by atoms with Crippen molar-refractivity contribution in [3.8, 4) is 17.0 Å². The molecule has 1 atom stereocenters. The van der Waals surface area contributed by atoms with Crippen molar-refractivity contribution in [1.29, 1.82) is 0 Å². The predicted octanol–water partition coefficient (Wildman–Crippen LogP) is 5.48. The SMILES string of the molecule is COCCCOc1cc2c(cc1NC(=O)OC(C)(C)C)-c1c(cc(C(=O)O)c(=O)n1C1CC1)C(C)S2. The fourth-order valence-electron chi connectivity index (χ4n) is 4.20. The van der Waals surface area contributed by atoms with Crippen LogP contribution in [0.1, 0.15) is 74.2 Å². The first kappa shape index (κ1) is 26.1. The Kier molecular flexibility index (Phi) is 7.38. The quantitative estimate of drug-likeness (QED) is 0.443. The van der Waals surface area contributed by atoms with Gasteiger partial charge in [0.05, 0.1) is 18.0 Å². The second-order valence-electron chi connectivity index (χ2n) is 10.00. The van der Waals surface area contributed by atoms with Gasteiger partial charge < -0.3 is 23.9 Å². The number of anilines is 1. The molecule has 2 aliphatic rings. The lowest BCUT2D eigenvalue weighted by atomic mass is 9.99. The number of aromatic carboxylic acids is 1. The number of pyridine rings is 1. The Morgan fingerprint density at radius 1 is 1.19 bits per heavy atom. The van der Waals surface area contributed by atoms with Crippen molar-refractivity contribution < 1.29 is 28.9 Å². The van der Waals surface area contributed by atoms with Crippen molar-refractivity contribution in [2.24, 2.45) is 0 Å². The zero-order valence-electron chi connectivity index (χ0n) is 21.2. The summed E-state index contributed by atoms with van der Waals surface area (Å²) in [6.45, 7) is 8.27. The Labute approximate surface area is 214 Å². The van der Waals surface area contributed by atoms with Crippen LogP contribution in [0.4, 0.5) is 10.5 Å². The molecule has 0 radical (unpaired) electrons. The van der Waals surface area contributed by atoms with Gasteiger partial charge in [-0.3, -0.25) is 10.1 Å². The number of carboxylic acids is 1. The van der Waals surface area contributed by atoms with Crippen LogP contribution in [0, 0.1) is 0 Å². The van der Waals surface area contributed by atoms with Gasteiger partial charge in [-0.2, -0.15) is 0 Å². The largest absolute Gasteiger partial charge is 0.491 e. The molecule has 1 aliphatic carbocycles. The number of amides is 1. The summed E-state index contributed by atoms with van der Waals surface area (Å²) in [4.78, 5) is 38.6. The molecule has 10 heteroatoms. The topological polar surface area (TPSA) is 116 Å². The van der Waals surface area contributed by atoms with Crippen molar-refractivity contribution in [1.82, 2.24) is 4.57 Å². The number of nitrogens with zero attached hydrogens (tertiary/aromatic N) is 1. The predicted molar refractivity (Wildman–Crippen MR) is 137 cm³/mol. The van der Waals surface area contributed by atoms with E-state index in [1.807, 2.05) is 13.0 Å². The van der Waals surface area contributed by atoms with E-state index in [0.717, 1.165) is 28.9 Å². The second kappa shape index (κ2) is 10.2. The van der Waals surface area contributed by atoms with E-state index in [9.17, 15) is 19.5 Å². The third-order valence-corrected chi connectivity index (χ3v) is 7.07. The van der Waals surface area contributed by atoms with E-state index in [1.54, 1.807) is 50.3 Å². The first-order chi connectivity index (χ1) is 17.0. The number of aromatic nitrogens is 1. The van der Waals surface area contributed by atoms with Crippen LogP contribution in [0.25, 0.3) is 11.3 Å². The summed E-state index contributed by atoms with van der Waals surface area (Å²) in [5.74, 6) is -0.742. The van der Waals surface area contributed by atoms with Crippen molar-refractivity contribution in [2.45, 2.75) is 68.7 Å². The van der Waals surface area contributed by atoms with Gasteiger partial charge in [0.1, 0.15) is 16.9 Å². The molecule has 2 heterocycles. The van der Waals surface area contributed by atoms with E-state index in [1.165, 1.54) is 6.07 Å². The van der Waals surface area contributed by atoms with Gasteiger partial charge in [-0.05, 0) is 64.3 Å². The lowest BCUT2D eigenvalue weighted by Gasteiger charge is -2.29. The average Bonchev–Trinajstić information content (AvgIpc) is 3.60. The van der Waals surface area contributed by atoms with Crippen LogP contribution in [0.2, 0.25) is 0 Å². The van der Waals surface area contributed by atoms with E-state index in [0.29, 0.717) is 36.8 Å². The van der Waals surface area contributed by atoms with Crippen LogP contribution in [0.15, 0.2) is 27.9 Å². The molecular formula is C26H32N2O7S. The minimum atomic E-state index is -1.23. The summed E-state index contributed by atoms with van der Waals surface area (Å²) in [6, 6.07) is 5.11. The Morgan fingerprint density at radius 3 is 2.53 bits per heavy atom. The number of hydrogen-bond acceptors (Lipinski definition) is 7. The Hall–Kier alpha value is -2.98. The van der Waals surface area contributed by atoms with Crippen LogP contribution in [-0.2, 0) is 9.47 Å². The van der Waals surface area contributed by atoms with E-state index >= 15 is 0 Å². The molecule has 1 aromatic heterocycles. The number of benzene rings is 1. The summed E-state index contributed by atoms with van der Waals surface area (Å²) < 4.78 is 18.2. The number of fused-ring (bicyclic) bond motifs is 3. The molecule has 2 aromatic rings. The molecule has 1 unspecified atom stereocenters. The van der Waals surface area contributed by atoms with Gasteiger partial charge in [-0.25, -0.2) is 9.59 Å². The molecule has 1 aromatic carbocycles. The molecule has 1 amide bonds. The monoisotopic (exact) mass is 516 g/mol. The van der Waals surface area contributed by atoms with Gasteiger partial charge in [0.15, 0.2) is 0 Å². The smallest absolute Gasteiger partial charge is 0.412 e. The first-order valence-corrected chi connectivity index (χ1v) is 12.9. The molecule has 0 saturated heterocycles. The highest BCUT2D eigenvalue weighted by Gasteiger charge is 2.35. The first-order valence-electron chi connectivity index (χ1n) is 12.0. The van der Waals surface area contributed by atoms with E-state index in [-0.39, 0.29) is 16.9 Å². The standard InChI is InChI=1S/C26H32N2O7S/c1-14-16-11-18(24(30)31)23(29)28(15-7-8-15)22(16)17-12-19(27-25(32)35-26(2,3)4)20(13-21(17)36-14)34-10-6-9-33-5/h11-15H,6-10H2,1-5H3,(H,27,32)(H,30,31). The number of carbonyl (C=O) groups excluding carboxylic acids is 1. The molecule has 36 heavy (non-hydrogen) atoms. The lowest BCUT2D eigenvalue weighted by molar-refractivity contribution is 0.0633. The number of hydrogen-bond donors (Lipinski definition) is 2. The molecule has 9 nitrogen and oxygen atoms in total. The van der Waals surface area contributed by atoms with Crippen LogP contribution < -0.4 is 15.6 Å². The molecule has 1 fully saturated rings. The second-order valence-corrected chi connectivity index (χ2v) is 11.4. The van der Waals surface area contributed by atoms with Crippen molar-refractivity contribution in [2.75, 3.05) is 25.6 Å². The minimum Gasteiger partial charge on any atom is -0.491 e. The summed E-state index contributed by atoms with van der Waals surface area (Å²) >= 11 is 1.56. The molecule has 194 valence electrons. The average molecular weight is 517 g/mol. The molecule has 1 aliphatic heterocycles. The number of methoxy groups -OCH3 is 1. The molecule has 4 rings (SSSR count). The van der Waals surface area contributed by atoms with Crippen molar-refractivity contribution in [3.63, 3.8) is 0 Å². The minimum absolute atomic E-state index is 0.0408. The Morgan fingerprint density at radius 2 is 1.92 bits per heavy atom. The molecule has 1 saturated carbocycles. The Bertz CT molecular complexity index is 1240. The summed E-state index contributed by atoms with van der Waals surface area (Å²) in [7, 11) is 1.62. The molecule has 0 bridgehead atoms. The molecule has 2 N–H and O–H groups in total. The highest BCUT2D eigenvalue weighted by Crippen LogP contribution is 2.53. The maximum Gasteiger partial charge on any atom is 0.412 e. The zero-order chi connectivity index (χ0) is 26.2. The highest BCUT2D eigenvalue weighted by atomic mass is 32.2. The highest BCUT2D eigenvalue weighted by molar-refractivity contribution is 7.99. The van der Waals surface area contributed by atoms with Gasteiger partial charge in [0, 0.05) is 41.9 Å². The van der Waals surface area contributed by atoms with E-state index in [4.69, 9.17) is 14.2 Å². The normalized spacial score (nSPS) is 16.6. The van der Waals surface area contributed by atoms with Crippen LogP contribution in [-0.4, -0.2) is 47.7 Å².